The number of carbonyl (C=O) groups excluding carboxylic acids is 1. The van der Waals surface area contributed by atoms with Crippen molar-refractivity contribution in [3.05, 3.63) is 70.5 Å². The number of tetrazole rings is 1. The van der Waals surface area contributed by atoms with Gasteiger partial charge in [-0.3, -0.25) is 4.79 Å². The van der Waals surface area contributed by atoms with Crippen LogP contribution < -0.4 is 5.32 Å². The Morgan fingerprint density at radius 2 is 1.85 bits per heavy atom. The normalized spacial score (nSPS) is 11.4. The van der Waals surface area contributed by atoms with Crippen molar-refractivity contribution in [2.45, 2.75) is 26.6 Å². The second kappa shape index (κ2) is 7.18. The molecule has 0 saturated carbocycles. The molecule has 1 heterocycles. The third kappa shape index (κ3) is 3.97. The van der Waals surface area contributed by atoms with Gasteiger partial charge >= 0.3 is 6.18 Å². The number of rotatable bonds is 4. The predicted octanol–water partition coefficient (Wildman–Crippen LogP) is 3.23. The van der Waals surface area contributed by atoms with Crippen LogP contribution in [-0.2, 0) is 12.7 Å². The van der Waals surface area contributed by atoms with Crippen LogP contribution in [0.4, 0.5) is 13.2 Å². The van der Waals surface area contributed by atoms with E-state index in [1.807, 2.05) is 32.0 Å². The van der Waals surface area contributed by atoms with Crippen molar-refractivity contribution in [3.8, 4) is 5.69 Å². The number of hydrogen-bond donors (Lipinski definition) is 1. The predicted molar refractivity (Wildman–Crippen MR) is 91.2 cm³/mol. The lowest BCUT2D eigenvalue weighted by molar-refractivity contribution is -0.137. The van der Waals surface area contributed by atoms with Crippen molar-refractivity contribution < 1.29 is 18.0 Å². The lowest BCUT2D eigenvalue weighted by atomic mass is 10.1. The summed E-state index contributed by atoms with van der Waals surface area (Å²) in [6.07, 6.45) is -4.62. The Bertz CT molecular complexity index is 981. The van der Waals surface area contributed by atoms with E-state index < -0.39 is 23.2 Å². The van der Waals surface area contributed by atoms with Crippen LogP contribution >= 0.6 is 0 Å². The van der Waals surface area contributed by atoms with Crippen LogP contribution in [0.1, 0.15) is 32.9 Å². The van der Waals surface area contributed by atoms with Crippen molar-refractivity contribution in [1.82, 2.24) is 25.5 Å². The Morgan fingerprint density at radius 3 is 2.56 bits per heavy atom. The zero-order chi connectivity index (χ0) is 19.6. The van der Waals surface area contributed by atoms with Crippen LogP contribution in [0.2, 0.25) is 0 Å². The van der Waals surface area contributed by atoms with Crippen molar-refractivity contribution >= 4 is 5.91 Å². The number of carbonyl (C=O) groups is 1. The second-order valence-corrected chi connectivity index (χ2v) is 6.00. The maximum absolute atomic E-state index is 13.1. The number of benzene rings is 2. The molecule has 0 fully saturated rings. The summed E-state index contributed by atoms with van der Waals surface area (Å²) in [4.78, 5) is 12.3. The summed E-state index contributed by atoms with van der Waals surface area (Å²) < 4.78 is 40.6. The Labute approximate surface area is 153 Å². The lowest BCUT2D eigenvalue weighted by Crippen LogP contribution is -2.27. The summed E-state index contributed by atoms with van der Waals surface area (Å²) in [5.74, 6) is -0.548. The number of halogens is 3. The molecule has 0 atom stereocenters. The van der Waals surface area contributed by atoms with Gasteiger partial charge in [0.15, 0.2) is 5.82 Å². The maximum atomic E-state index is 13.1. The highest BCUT2D eigenvalue weighted by Gasteiger charge is 2.34. The largest absolute Gasteiger partial charge is 0.417 e. The summed E-state index contributed by atoms with van der Waals surface area (Å²) in [7, 11) is 0. The van der Waals surface area contributed by atoms with Gasteiger partial charge < -0.3 is 5.32 Å². The maximum Gasteiger partial charge on any atom is 0.417 e. The summed E-state index contributed by atoms with van der Waals surface area (Å²) >= 11 is 0. The Balaban J connectivity index is 1.80. The Kier molecular flexibility index (Phi) is 4.93. The molecule has 3 rings (SSSR count). The van der Waals surface area contributed by atoms with E-state index in [4.69, 9.17) is 0 Å². The van der Waals surface area contributed by atoms with Crippen LogP contribution in [0.25, 0.3) is 5.69 Å². The topological polar surface area (TPSA) is 72.7 Å². The zero-order valence-corrected chi connectivity index (χ0v) is 14.6. The van der Waals surface area contributed by atoms with Gasteiger partial charge in [-0.05, 0) is 59.7 Å². The van der Waals surface area contributed by atoms with Crippen LogP contribution in [0.15, 0.2) is 42.5 Å². The van der Waals surface area contributed by atoms with Gasteiger partial charge in [0.05, 0.1) is 23.4 Å². The number of amides is 1. The summed E-state index contributed by atoms with van der Waals surface area (Å²) in [6, 6.07) is 10.2. The number of nitrogens with one attached hydrogen (secondary N) is 1. The van der Waals surface area contributed by atoms with E-state index in [0.29, 0.717) is 11.5 Å². The van der Waals surface area contributed by atoms with Crippen molar-refractivity contribution in [2.75, 3.05) is 0 Å². The number of aromatic nitrogens is 4. The van der Waals surface area contributed by atoms with E-state index >= 15 is 0 Å². The standard InChI is InChI=1S/C18H16F3N5O/c1-11-7-8-13(9-12(11)2)26-16(23-24-25-26)10-22-17(27)14-5-3-4-6-15(14)18(19,20)21/h3-9H,10H2,1-2H3,(H,22,27). The van der Waals surface area contributed by atoms with Crippen molar-refractivity contribution in [3.63, 3.8) is 0 Å². The molecule has 1 N–H and O–H groups in total. The van der Waals surface area contributed by atoms with E-state index in [2.05, 4.69) is 20.8 Å². The summed E-state index contributed by atoms with van der Waals surface area (Å²) in [5, 5.41) is 13.8. The number of nitrogens with zero attached hydrogens (tertiary/aromatic N) is 4. The van der Waals surface area contributed by atoms with Gasteiger partial charge in [0, 0.05) is 0 Å². The van der Waals surface area contributed by atoms with Gasteiger partial charge in [-0.15, -0.1) is 5.10 Å². The monoisotopic (exact) mass is 375 g/mol. The molecule has 1 amide bonds. The molecule has 3 aromatic rings. The lowest BCUT2D eigenvalue weighted by Gasteiger charge is -2.12. The quantitative estimate of drug-likeness (QED) is 0.760. The number of aryl methyl sites for hydroxylation is 2. The molecule has 0 bridgehead atoms. The molecule has 0 aliphatic rings. The van der Waals surface area contributed by atoms with E-state index in [1.165, 1.54) is 16.8 Å². The fourth-order valence-corrected chi connectivity index (χ4v) is 2.56. The fourth-order valence-electron chi connectivity index (χ4n) is 2.56. The third-order valence-electron chi connectivity index (χ3n) is 4.15. The molecule has 0 saturated heterocycles. The van der Waals surface area contributed by atoms with Gasteiger partial charge in [-0.1, -0.05) is 18.2 Å². The molecule has 0 spiro atoms. The van der Waals surface area contributed by atoms with Gasteiger partial charge in [-0.2, -0.15) is 17.9 Å². The average Bonchev–Trinajstić information content (AvgIpc) is 3.10. The average molecular weight is 375 g/mol. The number of alkyl halides is 3. The third-order valence-corrected chi connectivity index (χ3v) is 4.15. The molecule has 0 unspecified atom stereocenters. The van der Waals surface area contributed by atoms with E-state index in [-0.39, 0.29) is 6.54 Å². The summed E-state index contributed by atoms with van der Waals surface area (Å²) in [6.45, 7) is 3.79. The Morgan fingerprint density at radius 1 is 1.11 bits per heavy atom. The van der Waals surface area contributed by atoms with Gasteiger partial charge in [0.2, 0.25) is 0 Å². The SMILES string of the molecule is Cc1ccc(-n2nnnc2CNC(=O)c2ccccc2C(F)(F)F)cc1C. The van der Waals surface area contributed by atoms with Gasteiger partial charge in [0.25, 0.3) is 5.91 Å². The van der Waals surface area contributed by atoms with Crippen LogP contribution in [0.5, 0.6) is 0 Å². The molecule has 140 valence electrons. The zero-order valence-electron chi connectivity index (χ0n) is 14.6. The van der Waals surface area contributed by atoms with E-state index in [1.54, 1.807) is 0 Å². The summed E-state index contributed by atoms with van der Waals surface area (Å²) in [5.41, 5.74) is 1.40. The molecule has 0 radical (unpaired) electrons. The highest BCUT2D eigenvalue weighted by atomic mass is 19.4. The van der Waals surface area contributed by atoms with Gasteiger partial charge in [0.1, 0.15) is 0 Å². The second-order valence-electron chi connectivity index (χ2n) is 6.00. The molecule has 0 aliphatic heterocycles. The number of hydrogen-bond acceptors (Lipinski definition) is 4. The highest BCUT2D eigenvalue weighted by molar-refractivity contribution is 5.95. The molecule has 27 heavy (non-hydrogen) atoms. The first kappa shape index (κ1) is 18.6. The highest BCUT2D eigenvalue weighted by Crippen LogP contribution is 2.31. The fraction of sp³-hybridized carbons (Fsp3) is 0.222. The first-order valence-electron chi connectivity index (χ1n) is 8.06. The smallest absolute Gasteiger partial charge is 0.345 e. The first-order chi connectivity index (χ1) is 12.8. The molecule has 1 aromatic heterocycles. The minimum Gasteiger partial charge on any atom is -0.345 e. The first-order valence-corrected chi connectivity index (χ1v) is 8.06. The van der Waals surface area contributed by atoms with E-state index in [0.717, 1.165) is 23.3 Å². The van der Waals surface area contributed by atoms with Crippen molar-refractivity contribution in [2.24, 2.45) is 0 Å². The van der Waals surface area contributed by atoms with Crippen LogP contribution in [0, 0.1) is 13.8 Å². The van der Waals surface area contributed by atoms with Gasteiger partial charge in [-0.25, -0.2) is 0 Å². The molecule has 2 aromatic carbocycles. The minimum atomic E-state index is -4.62. The van der Waals surface area contributed by atoms with Crippen molar-refractivity contribution in [1.29, 1.82) is 0 Å². The molecule has 0 aliphatic carbocycles. The molecule has 6 nitrogen and oxygen atoms in total. The molecular formula is C18H16F3N5O. The van der Waals surface area contributed by atoms with Crippen LogP contribution in [0.3, 0.4) is 0 Å². The van der Waals surface area contributed by atoms with E-state index in [9.17, 15) is 18.0 Å². The molecule has 9 heteroatoms. The molecular weight excluding hydrogens is 359 g/mol. The Hall–Kier alpha value is -3.23. The minimum absolute atomic E-state index is 0.120. The van der Waals surface area contributed by atoms with Crippen LogP contribution in [-0.4, -0.2) is 26.1 Å².